The van der Waals surface area contributed by atoms with E-state index in [-0.39, 0.29) is 12.1 Å². The quantitative estimate of drug-likeness (QED) is 0.620. The van der Waals surface area contributed by atoms with E-state index in [1.807, 2.05) is 17.7 Å². The van der Waals surface area contributed by atoms with Crippen LogP contribution in [0.15, 0.2) is 23.1 Å². The predicted octanol–water partition coefficient (Wildman–Crippen LogP) is 1.51. The van der Waals surface area contributed by atoms with Crippen LogP contribution in [0, 0.1) is 6.92 Å². The van der Waals surface area contributed by atoms with E-state index in [4.69, 9.17) is 10.3 Å². The maximum absolute atomic E-state index is 5.61. The van der Waals surface area contributed by atoms with Gasteiger partial charge < -0.3 is 4.42 Å². The summed E-state index contributed by atoms with van der Waals surface area (Å²) in [6.07, 6.45) is 3.88. The Morgan fingerprint density at radius 2 is 2.28 bits per heavy atom. The van der Waals surface area contributed by atoms with Crippen molar-refractivity contribution in [2.24, 2.45) is 5.84 Å². The molecule has 0 aromatic carbocycles. The second-order valence-corrected chi connectivity index (χ2v) is 4.61. The van der Waals surface area contributed by atoms with Gasteiger partial charge in [0.05, 0.1) is 12.3 Å². The zero-order chi connectivity index (χ0) is 13.1. The summed E-state index contributed by atoms with van der Waals surface area (Å²) in [7, 11) is 0. The van der Waals surface area contributed by atoms with Gasteiger partial charge in [-0.05, 0) is 32.4 Å². The third-order valence-corrected chi connectivity index (χ3v) is 2.94. The third-order valence-electron chi connectivity index (χ3n) is 2.94. The first-order chi connectivity index (χ1) is 8.63. The molecule has 2 aromatic heterocycles. The van der Waals surface area contributed by atoms with Gasteiger partial charge in [0.25, 0.3) is 0 Å². The minimum Gasteiger partial charge on any atom is -0.467 e. The third kappa shape index (κ3) is 2.44. The maximum atomic E-state index is 5.61. The molecule has 0 fully saturated rings. The zero-order valence-electron chi connectivity index (χ0n) is 10.9. The van der Waals surface area contributed by atoms with Crippen LogP contribution in [0.25, 0.3) is 0 Å². The fourth-order valence-electron chi connectivity index (χ4n) is 2.00. The number of aromatic nitrogens is 3. The molecule has 18 heavy (non-hydrogen) atoms. The average molecular weight is 249 g/mol. The average Bonchev–Trinajstić information content (AvgIpc) is 2.94. The summed E-state index contributed by atoms with van der Waals surface area (Å²) in [6, 6.07) is 2.10. The van der Waals surface area contributed by atoms with Crippen LogP contribution < -0.4 is 11.3 Å². The summed E-state index contributed by atoms with van der Waals surface area (Å²) in [5.74, 6) is 7.34. The molecule has 0 saturated carbocycles. The number of furan rings is 1. The molecule has 0 aliphatic carbocycles. The Hall–Kier alpha value is -1.66. The summed E-state index contributed by atoms with van der Waals surface area (Å²) in [6.45, 7) is 6.14. The molecule has 0 spiro atoms. The van der Waals surface area contributed by atoms with Crippen molar-refractivity contribution in [1.82, 2.24) is 20.2 Å². The molecule has 6 nitrogen and oxygen atoms in total. The van der Waals surface area contributed by atoms with Crippen molar-refractivity contribution in [3.05, 3.63) is 35.8 Å². The van der Waals surface area contributed by atoms with Crippen molar-refractivity contribution in [1.29, 1.82) is 0 Å². The number of hydrogen-bond donors (Lipinski definition) is 2. The first kappa shape index (κ1) is 12.8. The first-order valence-electron chi connectivity index (χ1n) is 6.02. The molecule has 3 N–H and O–H groups in total. The van der Waals surface area contributed by atoms with Crippen LogP contribution in [-0.2, 0) is 6.42 Å². The van der Waals surface area contributed by atoms with Crippen molar-refractivity contribution >= 4 is 0 Å². The van der Waals surface area contributed by atoms with Crippen molar-refractivity contribution in [3.63, 3.8) is 0 Å². The lowest BCUT2D eigenvalue weighted by atomic mass is 10.1. The molecule has 0 radical (unpaired) electrons. The standard InChI is InChI=1S/C12H19N5O/c1-8(2)17-11(14-7-15-17)6-10(16-13)12-9(3)4-5-18-12/h4-5,7-8,10,16H,6,13H2,1-3H3. The van der Waals surface area contributed by atoms with E-state index in [0.29, 0.717) is 6.42 Å². The lowest BCUT2D eigenvalue weighted by Crippen LogP contribution is -2.30. The lowest BCUT2D eigenvalue weighted by molar-refractivity contribution is 0.396. The van der Waals surface area contributed by atoms with E-state index in [9.17, 15) is 0 Å². The molecule has 0 bridgehead atoms. The van der Waals surface area contributed by atoms with E-state index in [1.165, 1.54) is 0 Å². The van der Waals surface area contributed by atoms with Gasteiger partial charge in [-0.15, -0.1) is 0 Å². The zero-order valence-corrected chi connectivity index (χ0v) is 10.9. The largest absolute Gasteiger partial charge is 0.467 e. The Labute approximate surface area is 106 Å². The molecule has 1 unspecified atom stereocenters. The molecular formula is C12H19N5O. The van der Waals surface area contributed by atoms with E-state index in [1.54, 1.807) is 12.6 Å². The van der Waals surface area contributed by atoms with Crippen LogP contribution in [0.4, 0.5) is 0 Å². The van der Waals surface area contributed by atoms with Gasteiger partial charge in [-0.2, -0.15) is 5.10 Å². The Morgan fingerprint density at radius 3 is 2.83 bits per heavy atom. The molecule has 0 amide bonds. The van der Waals surface area contributed by atoms with Gasteiger partial charge in [0.2, 0.25) is 0 Å². The molecule has 6 heteroatoms. The molecule has 2 rings (SSSR count). The van der Waals surface area contributed by atoms with Gasteiger partial charge in [-0.25, -0.2) is 15.1 Å². The van der Waals surface area contributed by atoms with Gasteiger partial charge in [0.15, 0.2) is 0 Å². The van der Waals surface area contributed by atoms with Crippen LogP contribution in [0.2, 0.25) is 0 Å². The number of nitrogens with one attached hydrogen (secondary N) is 1. The highest BCUT2D eigenvalue weighted by Gasteiger charge is 2.19. The van der Waals surface area contributed by atoms with Crippen molar-refractivity contribution in [3.8, 4) is 0 Å². The summed E-state index contributed by atoms with van der Waals surface area (Å²) < 4.78 is 7.36. The number of hydrogen-bond acceptors (Lipinski definition) is 5. The van der Waals surface area contributed by atoms with Gasteiger partial charge in [0, 0.05) is 12.5 Å². The maximum Gasteiger partial charge on any atom is 0.138 e. The number of nitrogens with two attached hydrogens (primary N) is 1. The highest BCUT2D eigenvalue weighted by molar-refractivity contribution is 5.19. The second kappa shape index (κ2) is 5.32. The van der Waals surface area contributed by atoms with E-state index in [0.717, 1.165) is 17.1 Å². The van der Waals surface area contributed by atoms with Crippen molar-refractivity contribution in [2.75, 3.05) is 0 Å². The Kier molecular flexibility index (Phi) is 3.78. The Bertz CT molecular complexity index is 502. The predicted molar refractivity (Wildman–Crippen MR) is 67.6 cm³/mol. The van der Waals surface area contributed by atoms with Crippen LogP contribution in [0.5, 0.6) is 0 Å². The fraction of sp³-hybridized carbons (Fsp3) is 0.500. The van der Waals surface area contributed by atoms with E-state index in [2.05, 4.69) is 29.4 Å². The number of aryl methyl sites for hydroxylation is 1. The van der Waals surface area contributed by atoms with Gasteiger partial charge in [-0.3, -0.25) is 5.84 Å². The van der Waals surface area contributed by atoms with Gasteiger partial charge in [-0.1, -0.05) is 0 Å². The molecule has 0 aliphatic heterocycles. The summed E-state index contributed by atoms with van der Waals surface area (Å²) >= 11 is 0. The smallest absolute Gasteiger partial charge is 0.138 e. The minimum absolute atomic E-state index is 0.0956. The Morgan fingerprint density at radius 1 is 1.50 bits per heavy atom. The molecule has 2 heterocycles. The number of hydrazine groups is 1. The second-order valence-electron chi connectivity index (χ2n) is 4.61. The molecule has 2 aromatic rings. The normalized spacial score (nSPS) is 13.2. The van der Waals surface area contributed by atoms with Crippen LogP contribution in [-0.4, -0.2) is 14.8 Å². The topological polar surface area (TPSA) is 81.9 Å². The molecule has 1 atom stereocenters. The molecule has 98 valence electrons. The van der Waals surface area contributed by atoms with Crippen LogP contribution >= 0.6 is 0 Å². The first-order valence-corrected chi connectivity index (χ1v) is 6.02. The summed E-state index contributed by atoms with van der Waals surface area (Å²) in [5.41, 5.74) is 3.85. The Balaban J connectivity index is 2.21. The summed E-state index contributed by atoms with van der Waals surface area (Å²) in [5, 5.41) is 4.21. The highest BCUT2D eigenvalue weighted by Crippen LogP contribution is 2.21. The molecule has 0 aliphatic rings. The van der Waals surface area contributed by atoms with Crippen LogP contribution in [0.3, 0.4) is 0 Å². The highest BCUT2D eigenvalue weighted by atomic mass is 16.3. The van der Waals surface area contributed by atoms with Crippen molar-refractivity contribution in [2.45, 2.75) is 39.3 Å². The monoisotopic (exact) mass is 249 g/mol. The van der Waals surface area contributed by atoms with Crippen LogP contribution in [0.1, 0.15) is 43.1 Å². The van der Waals surface area contributed by atoms with Crippen molar-refractivity contribution < 1.29 is 4.42 Å². The molecule has 0 saturated heterocycles. The van der Waals surface area contributed by atoms with E-state index >= 15 is 0 Å². The number of rotatable bonds is 5. The summed E-state index contributed by atoms with van der Waals surface area (Å²) in [4.78, 5) is 4.28. The van der Waals surface area contributed by atoms with E-state index < -0.39 is 0 Å². The SMILES string of the molecule is Cc1ccoc1C(Cc1ncnn1C(C)C)NN. The molecular weight excluding hydrogens is 230 g/mol. The number of nitrogens with zero attached hydrogens (tertiary/aromatic N) is 3. The minimum atomic E-state index is -0.0956. The van der Waals surface area contributed by atoms with Gasteiger partial charge >= 0.3 is 0 Å². The fourth-order valence-corrected chi connectivity index (χ4v) is 2.00. The lowest BCUT2D eigenvalue weighted by Gasteiger charge is -2.16. The van der Waals surface area contributed by atoms with Gasteiger partial charge in [0.1, 0.15) is 17.9 Å².